The third-order valence-electron chi connectivity index (χ3n) is 2.16. The van der Waals surface area contributed by atoms with E-state index in [4.69, 9.17) is 4.74 Å². The zero-order valence-electron chi connectivity index (χ0n) is 9.95. The van der Waals surface area contributed by atoms with E-state index in [1.165, 1.54) is 12.3 Å². The van der Waals surface area contributed by atoms with E-state index in [9.17, 15) is 9.59 Å². The first kappa shape index (κ1) is 12.9. The van der Waals surface area contributed by atoms with Gasteiger partial charge >= 0.3 is 5.69 Å². The van der Waals surface area contributed by atoms with Gasteiger partial charge in [0.15, 0.2) is 0 Å². The first-order valence-electron chi connectivity index (χ1n) is 5.26. The number of aromatic nitrogens is 2. The molecule has 0 spiro atoms. The Hall–Kier alpha value is -1.14. The summed E-state index contributed by atoms with van der Waals surface area (Å²) >= 11 is 0. The lowest BCUT2D eigenvalue weighted by molar-refractivity contribution is 0.0815. The topological polar surface area (TPSA) is 64.1 Å². The first-order valence-corrected chi connectivity index (χ1v) is 8.97. The number of ether oxygens (including phenoxy) is 1. The Bertz CT molecular complexity index is 416. The number of rotatable bonds is 5. The molecule has 1 aromatic heterocycles. The minimum absolute atomic E-state index is 0.0273. The number of aromatic amines is 1. The molecule has 0 saturated heterocycles. The lowest BCUT2D eigenvalue weighted by atomic mass is 10.6. The number of nitrogens with one attached hydrogen (secondary N) is 1. The van der Waals surface area contributed by atoms with Gasteiger partial charge in [0, 0.05) is 26.9 Å². The quantitative estimate of drug-likeness (QED) is 0.615. The molecule has 0 amide bonds. The molecule has 0 unspecified atom stereocenters. The molecular weight excluding hydrogens is 224 g/mol. The Balaban J connectivity index is 2.50. The van der Waals surface area contributed by atoms with Crippen molar-refractivity contribution in [3.05, 3.63) is 33.1 Å². The average Bonchev–Trinajstić information content (AvgIpc) is 2.14. The fraction of sp³-hybridized carbons (Fsp3) is 0.600. The second-order valence-electron chi connectivity index (χ2n) is 4.90. The van der Waals surface area contributed by atoms with Gasteiger partial charge in [0.25, 0.3) is 5.56 Å². The normalized spacial score (nSPS) is 11.7. The van der Waals surface area contributed by atoms with Crippen LogP contribution in [0.4, 0.5) is 0 Å². The van der Waals surface area contributed by atoms with E-state index in [0.717, 1.165) is 10.6 Å². The summed E-state index contributed by atoms with van der Waals surface area (Å²) in [5, 5.41) is 0. The van der Waals surface area contributed by atoms with Gasteiger partial charge in [-0.3, -0.25) is 4.79 Å². The Kier molecular flexibility index (Phi) is 4.25. The smallest absolute Gasteiger partial charge is 0.330 e. The van der Waals surface area contributed by atoms with Gasteiger partial charge < -0.3 is 9.72 Å². The van der Waals surface area contributed by atoms with Gasteiger partial charge in [0.05, 0.1) is 0 Å². The summed E-state index contributed by atoms with van der Waals surface area (Å²) in [6.45, 7) is 7.36. The zero-order valence-corrected chi connectivity index (χ0v) is 10.9. The van der Waals surface area contributed by atoms with Gasteiger partial charge in [-0.1, -0.05) is 19.6 Å². The molecule has 0 atom stereocenters. The molecule has 0 aliphatic heterocycles. The van der Waals surface area contributed by atoms with Crippen LogP contribution < -0.4 is 11.2 Å². The van der Waals surface area contributed by atoms with E-state index in [-0.39, 0.29) is 12.3 Å². The Morgan fingerprint density at radius 2 is 2.06 bits per heavy atom. The molecule has 5 nitrogen and oxygen atoms in total. The highest BCUT2D eigenvalue weighted by molar-refractivity contribution is 6.76. The fourth-order valence-corrected chi connectivity index (χ4v) is 1.87. The maximum Gasteiger partial charge on any atom is 0.330 e. The molecule has 0 aliphatic carbocycles. The monoisotopic (exact) mass is 242 g/mol. The molecule has 1 aromatic rings. The molecule has 0 radical (unpaired) electrons. The highest BCUT2D eigenvalue weighted by atomic mass is 28.3. The van der Waals surface area contributed by atoms with Crippen LogP contribution in [0.3, 0.4) is 0 Å². The van der Waals surface area contributed by atoms with Gasteiger partial charge in [0.1, 0.15) is 6.73 Å². The van der Waals surface area contributed by atoms with Gasteiger partial charge in [-0.05, 0) is 6.04 Å². The Labute approximate surface area is 95.1 Å². The summed E-state index contributed by atoms with van der Waals surface area (Å²) in [5.41, 5.74) is -0.766. The maximum absolute atomic E-state index is 11.3. The average molecular weight is 242 g/mol. The molecule has 0 aliphatic rings. The van der Waals surface area contributed by atoms with Crippen LogP contribution in [0, 0.1) is 0 Å². The standard InChI is InChI=1S/C10H18N2O3Si/c1-16(2,3)7-6-15-8-12-9(13)4-5-11-10(12)14/h4-5H,6-8H2,1-3H3,(H,11,14). The third-order valence-corrected chi connectivity index (χ3v) is 3.86. The van der Waals surface area contributed by atoms with E-state index >= 15 is 0 Å². The highest BCUT2D eigenvalue weighted by Gasteiger charge is 2.12. The molecule has 1 rings (SSSR count). The molecule has 0 saturated carbocycles. The molecule has 90 valence electrons. The second-order valence-corrected chi connectivity index (χ2v) is 10.5. The molecule has 16 heavy (non-hydrogen) atoms. The lowest BCUT2D eigenvalue weighted by Crippen LogP contribution is -2.35. The van der Waals surface area contributed by atoms with Gasteiger partial charge in [0.2, 0.25) is 0 Å². The van der Waals surface area contributed by atoms with Crippen LogP contribution in [0.2, 0.25) is 25.7 Å². The third kappa shape index (κ3) is 4.16. The minimum atomic E-state index is -1.12. The largest absolute Gasteiger partial charge is 0.361 e. The van der Waals surface area contributed by atoms with E-state index in [1.54, 1.807) is 0 Å². The summed E-state index contributed by atoms with van der Waals surface area (Å²) in [6.07, 6.45) is 1.34. The van der Waals surface area contributed by atoms with Crippen LogP contribution >= 0.6 is 0 Å². The van der Waals surface area contributed by atoms with Crippen molar-refractivity contribution in [1.82, 2.24) is 9.55 Å². The van der Waals surface area contributed by atoms with E-state index < -0.39 is 13.8 Å². The minimum Gasteiger partial charge on any atom is -0.361 e. The molecule has 0 fully saturated rings. The van der Waals surface area contributed by atoms with Crippen molar-refractivity contribution in [1.29, 1.82) is 0 Å². The van der Waals surface area contributed by atoms with Crippen LogP contribution in [0.5, 0.6) is 0 Å². The molecule has 0 bridgehead atoms. The predicted octanol–water partition coefficient (Wildman–Crippen LogP) is 0.849. The van der Waals surface area contributed by atoms with Crippen LogP contribution in [-0.2, 0) is 11.5 Å². The summed E-state index contributed by atoms with van der Waals surface area (Å²) in [7, 11) is -1.12. The van der Waals surface area contributed by atoms with Crippen molar-refractivity contribution in [2.45, 2.75) is 32.4 Å². The van der Waals surface area contributed by atoms with Crippen molar-refractivity contribution in [2.75, 3.05) is 6.61 Å². The van der Waals surface area contributed by atoms with E-state index in [0.29, 0.717) is 6.61 Å². The first-order chi connectivity index (χ1) is 7.40. The number of H-pyrrole nitrogens is 1. The summed E-state index contributed by atoms with van der Waals surface area (Å²) in [4.78, 5) is 25.0. The highest BCUT2D eigenvalue weighted by Crippen LogP contribution is 2.07. The van der Waals surface area contributed by atoms with Crippen molar-refractivity contribution < 1.29 is 4.74 Å². The summed E-state index contributed by atoms with van der Waals surface area (Å²) in [5.74, 6) is 0. The SMILES string of the molecule is C[Si](C)(C)CCOCn1c(=O)cc[nH]c1=O. The molecule has 1 heterocycles. The van der Waals surface area contributed by atoms with Crippen LogP contribution in [0.1, 0.15) is 0 Å². The Morgan fingerprint density at radius 1 is 1.38 bits per heavy atom. The van der Waals surface area contributed by atoms with Crippen molar-refractivity contribution in [3.63, 3.8) is 0 Å². The van der Waals surface area contributed by atoms with E-state index in [1.807, 2.05) is 0 Å². The van der Waals surface area contributed by atoms with Gasteiger partial charge in [-0.25, -0.2) is 9.36 Å². The fourth-order valence-electron chi connectivity index (χ4n) is 1.11. The van der Waals surface area contributed by atoms with Crippen molar-refractivity contribution >= 4 is 8.07 Å². The van der Waals surface area contributed by atoms with Crippen molar-refractivity contribution in [2.24, 2.45) is 0 Å². The predicted molar refractivity (Wildman–Crippen MR) is 65.4 cm³/mol. The number of nitrogens with zero attached hydrogens (tertiary/aromatic N) is 1. The van der Waals surface area contributed by atoms with Crippen LogP contribution in [0.25, 0.3) is 0 Å². The van der Waals surface area contributed by atoms with Crippen molar-refractivity contribution in [3.8, 4) is 0 Å². The zero-order chi connectivity index (χ0) is 12.2. The molecule has 6 heteroatoms. The molecular formula is C10H18N2O3Si. The molecule has 1 N–H and O–H groups in total. The number of hydrogen-bond donors (Lipinski definition) is 1. The van der Waals surface area contributed by atoms with Gasteiger partial charge in [-0.15, -0.1) is 0 Å². The molecule has 0 aromatic carbocycles. The second kappa shape index (κ2) is 5.27. The van der Waals surface area contributed by atoms with Crippen LogP contribution in [0.15, 0.2) is 21.9 Å². The van der Waals surface area contributed by atoms with Crippen LogP contribution in [-0.4, -0.2) is 24.2 Å². The van der Waals surface area contributed by atoms with E-state index in [2.05, 4.69) is 24.6 Å². The summed E-state index contributed by atoms with van der Waals surface area (Å²) in [6, 6.07) is 2.33. The number of hydrogen-bond acceptors (Lipinski definition) is 3. The lowest BCUT2D eigenvalue weighted by Gasteiger charge is -2.15. The maximum atomic E-state index is 11.3. The van der Waals surface area contributed by atoms with Gasteiger partial charge in [-0.2, -0.15) is 0 Å². The summed E-state index contributed by atoms with van der Waals surface area (Å²) < 4.78 is 6.38. The Morgan fingerprint density at radius 3 is 2.62 bits per heavy atom.